The van der Waals surface area contributed by atoms with E-state index in [9.17, 15) is 0 Å². The summed E-state index contributed by atoms with van der Waals surface area (Å²) in [5, 5.41) is 15.8. The average Bonchev–Trinajstić information content (AvgIpc) is 2.72. The molecule has 0 aromatic carbocycles. The molecule has 1 rings (SSSR count). The van der Waals surface area contributed by atoms with Crippen molar-refractivity contribution in [1.82, 2.24) is 10.3 Å². The van der Waals surface area contributed by atoms with Crippen LogP contribution in [0.5, 0.6) is 0 Å². The van der Waals surface area contributed by atoms with Gasteiger partial charge in [0.25, 0.3) is 0 Å². The van der Waals surface area contributed by atoms with E-state index in [0.29, 0.717) is 17.9 Å². The molecule has 98 valence electrons. The van der Waals surface area contributed by atoms with E-state index >= 15 is 0 Å². The second-order valence-corrected chi connectivity index (χ2v) is 5.97. The van der Waals surface area contributed by atoms with Gasteiger partial charge in [0.2, 0.25) is 0 Å². The van der Waals surface area contributed by atoms with Crippen LogP contribution >= 0.6 is 11.3 Å². The number of aliphatic hydroxyl groups excluding tert-OH is 1. The number of aromatic nitrogens is 1. The van der Waals surface area contributed by atoms with E-state index in [4.69, 9.17) is 5.11 Å². The van der Waals surface area contributed by atoms with Crippen LogP contribution < -0.4 is 5.32 Å². The lowest BCUT2D eigenvalue weighted by molar-refractivity contribution is 0.243. The summed E-state index contributed by atoms with van der Waals surface area (Å²) in [5.41, 5.74) is 1.11. The first-order valence-corrected chi connectivity index (χ1v) is 7.21. The third kappa shape index (κ3) is 4.74. The SMILES string of the molecule is CC(C)c1nc(CNC(CCO)C(C)C)cs1. The summed E-state index contributed by atoms with van der Waals surface area (Å²) < 4.78 is 0. The van der Waals surface area contributed by atoms with Crippen LogP contribution in [-0.4, -0.2) is 22.7 Å². The van der Waals surface area contributed by atoms with E-state index in [-0.39, 0.29) is 6.61 Å². The normalized spacial score (nSPS) is 13.6. The van der Waals surface area contributed by atoms with Gasteiger partial charge in [-0.1, -0.05) is 27.7 Å². The van der Waals surface area contributed by atoms with Gasteiger partial charge < -0.3 is 10.4 Å². The van der Waals surface area contributed by atoms with Crippen molar-refractivity contribution in [2.75, 3.05) is 6.61 Å². The van der Waals surface area contributed by atoms with Crippen molar-refractivity contribution in [3.63, 3.8) is 0 Å². The summed E-state index contributed by atoms with van der Waals surface area (Å²) in [4.78, 5) is 4.59. The van der Waals surface area contributed by atoms with Gasteiger partial charge in [0, 0.05) is 30.5 Å². The Morgan fingerprint density at radius 2 is 2.06 bits per heavy atom. The van der Waals surface area contributed by atoms with Gasteiger partial charge in [-0.25, -0.2) is 4.98 Å². The van der Waals surface area contributed by atoms with Gasteiger partial charge in [-0.3, -0.25) is 0 Å². The highest BCUT2D eigenvalue weighted by atomic mass is 32.1. The Bertz CT molecular complexity index is 323. The zero-order chi connectivity index (χ0) is 12.8. The summed E-state index contributed by atoms with van der Waals surface area (Å²) in [7, 11) is 0. The Hall–Kier alpha value is -0.450. The third-order valence-corrected chi connectivity index (χ3v) is 4.05. The minimum atomic E-state index is 0.240. The van der Waals surface area contributed by atoms with Crippen LogP contribution in [-0.2, 0) is 6.54 Å². The molecule has 0 bridgehead atoms. The number of thiazole rings is 1. The van der Waals surface area contributed by atoms with Crippen molar-refractivity contribution in [3.8, 4) is 0 Å². The summed E-state index contributed by atoms with van der Waals surface area (Å²) in [6.45, 7) is 9.72. The molecular weight excluding hydrogens is 232 g/mol. The number of nitrogens with one attached hydrogen (secondary N) is 1. The molecule has 0 aliphatic carbocycles. The van der Waals surface area contributed by atoms with Crippen LogP contribution in [0.2, 0.25) is 0 Å². The molecule has 0 saturated carbocycles. The van der Waals surface area contributed by atoms with Gasteiger partial charge in [0.15, 0.2) is 0 Å². The number of hydrogen-bond donors (Lipinski definition) is 2. The largest absolute Gasteiger partial charge is 0.396 e. The van der Waals surface area contributed by atoms with Gasteiger partial charge in [-0.05, 0) is 12.3 Å². The first-order chi connectivity index (χ1) is 8.04. The van der Waals surface area contributed by atoms with Crippen LogP contribution in [0.15, 0.2) is 5.38 Å². The van der Waals surface area contributed by atoms with Crippen molar-refractivity contribution in [3.05, 3.63) is 16.1 Å². The van der Waals surface area contributed by atoms with Crippen LogP contribution in [0.4, 0.5) is 0 Å². The fourth-order valence-corrected chi connectivity index (χ4v) is 2.55. The Balaban J connectivity index is 2.47. The van der Waals surface area contributed by atoms with Crippen LogP contribution in [0.25, 0.3) is 0 Å². The van der Waals surface area contributed by atoms with Crippen molar-refractivity contribution >= 4 is 11.3 Å². The number of hydrogen-bond acceptors (Lipinski definition) is 4. The molecule has 2 N–H and O–H groups in total. The highest BCUT2D eigenvalue weighted by molar-refractivity contribution is 7.09. The second kappa shape index (κ2) is 7.09. The van der Waals surface area contributed by atoms with E-state index < -0.39 is 0 Å². The summed E-state index contributed by atoms with van der Waals surface area (Å²) in [6, 6.07) is 0.365. The molecule has 17 heavy (non-hydrogen) atoms. The zero-order valence-corrected chi connectivity index (χ0v) is 12.0. The minimum absolute atomic E-state index is 0.240. The zero-order valence-electron chi connectivity index (χ0n) is 11.2. The molecule has 1 heterocycles. The minimum Gasteiger partial charge on any atom is -0.396 e. The van der Waals surface area contributed by atoms with Gasteiger partial charge in [0.05, 0.1) is 10.7 Å². The van der Waals surface area contributed by atoms with Crippen molar-refractivity contribution in [1.29, 1.82) is 0 Å². The van der Waals surface area contributed by atoms with Crippen LogP contribution in [0.3, 0.4) is 0 Å². The fourth-order valence-electron chi connectivity index (χ4n) is 1.71. The predicted molar refractivity (Wildman–Crippen MR) is 73.4 cm³/mol. The first-order valence-electron chi connectivity index (χ1n) is 6.33. The Morgan fingerprint density at radius 3 is 2.53 bits per heavy atom. The van der Waals surface area contributed by atoms with Crippen molar-refractivity contribution in [2.24, 2.45) is 5.92 Å². The molecule has 1 aromatic rings. The topological polar surface area (TPSA) is 45.2 Å². The number of nitrogens with zero attached hydrogens (tertiary/aromatic N) is 1. The van der Waals surface area contributed by atoms with Gasteiger partial charge in [0.1, 0.15) is 0 Å². The highest BCUT2D eigenvalue weighted by Gasteiger charge is 2.13. The molecular formula is C13H24N2OS. The van der Waals surface area contributed by atoms with Crippen LogP contribution in [0, 0.1) is 5.92 Å². The summed E-state index contributed by atoms with van der Waals surface area (Å²) >= 11 is 1.73. The molecule has 0 aliphatic rings. The van der Waals surface area contributed by atoms with Gasteiger partial charge in [-0.2, -0.15) is 0 Å². The molecule has 1 unspecified atom stereocenters. The predicted octanol–water partition coefficient (Wildman–Crippen LogP) is 2.76. The van der Waals surface area contributed by atoms with E-state index in [1.807, 2.05) is 0 Å². The number of aliphatic hydroxyl groups is 1. The first kappa shape index (κ1) is 14.6. The third-order valence-electron chi connectivity index (χ3n) is 2.85. The lowest BCUT2D eigenvalue weighted by atomic mass is 10.0. The maximum atomic E-state index is 9.01. The molecule has 0 amide bonds. The van der Waals surface area contributed by atoms with E-state index in [2.05, 4.69) is 43.4 Å². The Kier molecular flexibility index (Phi) is 6.09. The molecule has 0 saturated heterocycles. The fraction of sp³-hybridized carbons (Fsp3) is 0.769. The number of rotatable bonds is 7. The highest BCUT2D eigenvalue weighted by Crippen LogP contribution is 2.19. The van der Waals surface area contributed by atoms with Crippen molar-refractivity contribution < 1.29 is 5.11 Å². The molecule has 4 heteroatoms. The molecule has 0 spiro atoms. The molecule has 1 aromatic heterocycles. The van der Waals surface area contributed by atoms with E-state index in [1.165, 1.54) is 5.01 Å². The quantitative estimate of drug-likeness (QED) is 0.788. The molecule has 3 nitrogen and oxygen atoms in total. The Labute approximate surface area is 108 Å². The molecule has 1 atom stereocenters. The van der Waals surface area contributed by atoms with Gasteiger partial charge in [-0.15, -0.1) is 11.3 Å². The van der Waals surface area contributed by atoms with Gasteiger partial charge >= 0.3 is 0 Å². The standard InChI is InChI=1S/C13H24N2OS/c1-9(2)12(5-6-16)14-7-11-8-17-13(15-11)10(3)4/h8-10,12,14,16H,5-7H2,1-4H3. The lowest BCUT2D eigenvalue weighted by Gasteiger charge is -2.20. The Morgan fingerprint density at radius 1 is 1.35 bits per heavy atom. The maximum Gasteiger partial charge on any atom is 0.0954 e. The van der Waals surface area contributed by atoms with E-state index in [0.717, 1.165) is 18.7 Å². The van der Waals surface area contributed by atoms with Crippen molar-refractivity contribution in [2.45, 2.75) is 52.6 Å². The lowest BCUT2D eigenvalue weighted by Crippen LogP contribution is -2.34. The smallest absolute Gasteiger partial charge is 0.0954 e. The average molecular weight is 256 g/mol. The monoisotopic (exact) mass is 256 g/mol. The maximum absolute atomic E-state index is 9.01. The van der Waals surface area contributed by atoms with E-state index in [1.54, 1.807) is 11.3 Å². The second-order valence-electron chi connectivity index (χ2n) is 5.08. The summed E-state index contributed by atoms with van der Waals surface area (Å²) in [6.07, 6.45) is 0.804. The van der Waals surface area contributed by atoms with Crippen LogP contribution in [0.1, 0.15) is 50.7 Å². The molecule has 0 radical (unpaired) electrons. The molecule has 0 aliphatic heterocycles. The molecule has 0 fully saturated rings. The summed E-state index contributed by atoms with van der Waals surface area (Å²) in [5.74, 6) is 1.04.